The number of hydrogen-bond donors (Lipinski definition) is 1. The number of anilines is 1. The second-order valence-electron chi connectivity index (χ2n) is 2.78. The highest BCUT2D eigenvalue weighted by Crippen LogP contribution is 2.25. The molecular weight excluding hydrogens is 269 g/mol. The van der Waals surface area contributed by atoms with Crippen molar-refractivity contribution in [2.24, 2.45) is 5.73 Å². The van der Waals surface area contributed by atoms with Gasteiger partial charge in [0.1, 0.15) is 5.82 Å². The Hall–Kier alpha value is -0.810. The van der Waals surface area contributed by atoms with Crippen LogP contribution in [-0.2, 0) is 4.79 Å². The Bertz CT molecular complexity index is 358. The van der Waals surface area contributed by atoms with Crippen molar-refractivity contribution in [1.29, 1.82) is 0 Å². The molecular formula is C8H9BrClN3O. The average molecular weight is 279 g/mol. The molecule has 1 aromatic rings. The van der Waals surface area contributed by atoms with E-state index in [1.54, 1.807) is 18.0 Å². The van der Waals surface area contributed by atoms with Crippen LogP contribution < -0.4 is 10.6 Å². The minimum Gasteiger partial charge on any atom is -0.368 e. The molecule has 1 heterocycles. The molecule has 76 valence electrons. The lowest BCUT2D eigenvalue weighted by Crippen LogP contribution is -2.31. The Kier molecular flexibility index (Phi) is 3.71. The highest BCUT2D eigenvalue weighted by Gasteiger charge is 2.09. The fraction of sp³-hybridized carbons (Fsp3) is 0.250. The van der Waals surface area contributed by atoms with Crippen LogP contribution in [-0.4, -0.2) is 24.5 Å². The first kappa shape index (κ1) is 11.3. The first-order valence-electron chi connectivity index (χ1n) is 3.81. The smallest absolute Gasteiger partial charge is 0.236 e. The topological polar surface area (TPSA) is 59.2 Å². The summed E-state index contributed by atoms with van der Waals surface area (Å²) >= 11 is 9.02. The maximum atomic E-state index is 10.7. The zero-order valence-corrected chi connectivity index (χ0v) is 9.84. The number of rotatable bonds is 3. The molecule has 0 aliphatic heterocycles. The van der Waals surface area contributed by atoms with Crippen molar-refractivity contribution in [1.82, 2.24) is 4.98 Å². The Morgan fingerprint density at radius 3 is 2.93 bits per heavy atom. The van der Waals surface area contributed by atoms with Crippen LogP contribution in [0, 0.1) is 0 Å². The van der Waals surface area contributed by atoms with E-state index in [0.29, 0.717) is 10.8 Å². The molecule has 0 bridgehead atoms. The molecule has 0 atom stereocenters. The molecule has 0 saturated carbocycles. The molecule has 0 radical (unpaired) electrons. The van der Waals surface area contributed by atoms with Crippen molar-refractivity contribution in [3.63, 3.8) is 0 Å². The van der Waals surface area contributed by atoms with Gasteiger partial charge in [0.2, 0.25) is 5.91 Å². The number of primary amides is 1. The number of hydrogen-bond acceptors (Lipinski definition) is 3. The quantitative estimate of drug-likeness (QED) is 0.909. The van der Waals surface area contributed by atoms with Crippen LogP contribution in [0.1, 0.15) is 0 Å². The molecule has 0 aliphatic carbocycles. The molecule has 0 aromatic carbocycles. The molecule has 1 rings (SSSR count). The van der Waals surface area contributed by atoms with Crippen molar-refractivity contribution in [3.8, 4) is 0 Å². The minimum absolute atomic E-state index is 0.118. The van der Waals surface area contributed by atoms with Gasteiger partial charge < -0.3 is 10.6 Å². The summed E-state index contributed by atoms with van der Waals surface area (Å²) in [5.41, 5.74) is 5.06. The van der Waals surface area contributed by atoms with Crippen LogP contribution in [0.15, 0.2) is 16.7 Å². The van der Waals surface area contributed by atoms with Crippen LogP contribution >= 0.6 is 27.5 Å². The van der Waals surface area contributed by atoms with Crippen LogP contribution in [0.25, 0.3) is 0 Å². The van der Waals surface area contributed by atoms with Crippen molar-refractivity contribution in [3.05, 3.63) is 21.8 Å². The number of likely N-dealkylation sites (N-methyl/N-ethyl adjacent to an activating group) is 1. The summed E-state index contributed by atoms with van der Waals surface area (Å²) in [5, 5.41) is 0.535. The molecule has 4 nitrogen and oxygen atoms in total. The molecule has 1 aromatic heterocycles. The lowest BCUT2D eigenvalue weighted by atomic mass is 10.4. The van der Waals surface area contributed by atoms with Gasteiger partial charge in [0.15, 0.2) is 0 Å². The SMILES string of the molecule is CN(CC(N)=O)c1ncc(Cl)cc1Br. The number of halogens is 2. The number of aromatic nitrogens is 1. The van der Waals surface area contributed by atoms with E-state index in [2.05, 4.69) is 20.9 Å². The van der Waals surface area contributed by atoms with Crippen molar-refractivity contribution >= 4 is 39.3 Å². The highest BCUT2D eigenvalue weighted by atomic mass is 79.9. The molecule has 0 fully saturated rings. The molecule has 0 unspecified atom stereocenters. The lowest BCUT2D eigenvalue weighted by Gasteiger charge is -2.17. The monoisotopic (exact) mass is 277 g/mol. The van der Waals surface area contributed by atoms with Crippen molar-refractivity contribution in [2.75, 3.05) is 18.5 Å². The third kappa shape index (κ3) is 2.85. The fourth-order valence-corrected chi connectivity index (χ4v) is 1.94. The number of nitrogens with zero attached hydrogens (tertiary/aromatic N) is 2. The average Bonchev–Trinajstić information content (AvgIpc) is 2.01. The van der Waals surface area contributed by atoms with E-state index >= 15 is 0 Å². The van der Waals surface area contributed by atoms with E-state index in [-0.39, 0.29) is 6.54 Å². The second-order valence-corrected chi connectivity index (χ2v) is 4.07. The lowest BCUT2D eigenvalue weighted by molar-refractivity contribution is -0.116. The Morgan fingerprint density at radius 1 is 1.79 bits per heavy atom. The summed E-state index contributed by atoms with van der Waals surface area (Å²) in [6, 6.07) is 1.71. The number of carbonyl (C=O) groups excluding carboxylic acids is 1. The standard InChI is InChI=1S/C8H9BrClN3O/c1-13(4-7(11)14)8-6(9)2-5(10)3-12-8/h2-3H,4H2,1H3,(H2,11,14). The van der Waals surface area contributed by atoms with Gasteiger partial charge >= 0.3 is 0 Å². The largest absolute Gasteiger partial charge is 0.368 e. The minimum atomic E-state index is -0.406. The van der Waals surface area contributed by atoms with Crippen LogP contribution in [0.5, 0.6) is 0 Å². The van der Waals surface area contributed by atoms with E-state index < -0.39 is 5.91 Å². The third-order valence-corrected chi connectivity index (χ3v) is 2.33. The van der Waals surface area contributed by atoms with E-state index in [0.717, 1.165) is 4.47 Å². The van der Waals surface area contributed by atoms with E-state index in [9.17, 15) is 4.79 Å². The number of nitrogens with two attached hydrogens (primary N) is 1. The summed E-state index contributed by atoms with van der Waals surface area (Å²) < 4.78 is 0.730. The van der Waals surface area contributed by atoms with Gasteiger partial charge in [-0.05, 0) is 22.0 Å². The van der Waals surface area contributed by atoms with Gasteiger partial charge in [-0.2, -0.15) is 0 Å². The zero-order chi connectivity index (χ0) is 10.7. The number of carbonyl (C=O) groups is 1. The molecule has 2 N–H and O–H groups in total. The van der Waals surface area contributed by atoms with E-state index in [1.807, 2.05) is 0 Å². The Labute approximate surface area is 95.2 Å². The summed E-state index contributed by atoms with van der Waals surface area (Å²) in [5.74, 6) is 0.226. The maximum absolute atomic E-state index is 10.7. The van der Waals surface area contributed by atoms with Crippen LogP contribution in [0.4, 0.5) is 5.82 Å². The summed E-state index contributed by atoms with van der Waals surface area (Å²) in [7, 11) is 1.73. The molecule has 0 spiro atoms. The van der Waals surface area contributed by atoms with E-state index in [4.69, 9.17) is 17.3 Å². The van der Waals surface area contributed by atoms with Crippen LogP contribution in [0.3, 0.4) is 0 Å². The number of pyridine rings is 1. The molecule has 0 aliphatic rings. The highest BCUT2D eigenvalue weighted by molar-refractivity contribution is 9.10. The maximum Gasteiger partial charge on any atom is 0.236 e. The fourth-order valence-electron chi connectivity index (χ4n) is 0.997. The van der Waals surface area contributed by atoms with Gasteiger partial charge in [-0.15, -0.1) is 0 Å². The van der Waals surface area contributed by atoms with Gasteiger partial charge in [0, 0.05) is 13.2 Å². The predicted molar refractivity (Wildman–Crippen MR) is 59.4 cm³/mol. The van der Waals surface area contributed by atoms with Gasteiger partial charge in [-0.25, -0.2) is 4.98 Å². The first-order valence-corrected chi connectivity index (χ1v) is 4.98. The molecule has 6 heteroatoms. The summed E-state index contributed by atoms with van der Waals surface area (Å²) in [4.78, 5) is 16.4. The van der Waals surface area contributed by atoms with Gasteiger partial charge in [-0.3, -0.25) is 4.79 Å². The molecule has 14 heavy (non-hydrogen) atoms. The van der Waals surface area contributed by atoms with Gasteiger partial charge in [0.25, 0.3) is 0 Å². The van der Waals surface area contributed by atoms with Crippen LogP contribution in [0.2, 0.25) is 5.02 Å². The predicted octanol–water partition coefficient (Wildman–Crippen LogP) is 1.42. The third-order valence-electron chi connectivity index (χ3n) is 1.54. The van der Waals surface area contributed by atoms with E-state index in [1.165, 1.54) is 6.20 Å². The molecule has 1 amide bonds. The normalized spacial score (nSPS) is 9.93. The van der Waals surface area contributed by atoms with Crippen molar-refractivity contribution < 1.29 is 4.79 Å². The number of amides is 1. The zero-order valence-electron chi connectivity index (χ0n) is 7.50. The Morgan fingerprint density at radius 2 is 2.43 bits per heavy atom. The Balaban J connectivity index is 2.90. The summed E-state index contributed by atoms with van der Waals surface area (Å²) in [6.45, 7) is 0.118. The van der Waals surface area contributed by atoms with Crippen molar-refractivity contribution in [2.45, 2.75) is 0 Å². The van der Waals surface area contributed by atoms with Gasteiger partial charge in [-0.1, -0.05) is 11.6 Å². The second kappa shape index (κ2) is 4.61. The summed E-state index contributed by atoms with van der Waals surface area (Å²) in [6.07, 6.45) is 1.51. The molecule has 0 saturated heterocycles. The van der Waals surface area contributed by atoms with Gasteiger partial charge in [0.05, 0.1) is 16.0 Å². The first-order chi connectivity index (χ1) is 6.50.